The Labute approximate surface area is 259 Å². The SMILES string of the molecule is COc1ccc(-c2c3c(n([C@@H]4O[C@@H](COC(C)=O)[C@@H](OC(C)=O)[C@H](OC(C)=O)[C@@H]4OC(C)=O)c(=S)c2C#N)CCCC3)cc1. The second kappa shape index (κ2) is 14.0. The highest BCUT2D eigenvalue weighted by Crippen LogP contribution is 2.41. The minimum atomic E-state index is -1.37. The molecule has 2 aromatic rings. The number of rotatable bonds is 8. The third-order valence-electron chi connectivity index (χ3n) is 7.43. The number of benzene rings is 1. The molecular weight excluding hydrogens is 592 g/mol. The van der Waals surface area contributed by atoms with Crippen molar-refractivity contribution in [3.05, 3.63) is 45.7 Å². The average Bonchev–Trinajstić information content (AvgIpc) is 2.97. The van der Waals surface area contributed by atoms with Crippen molar-refractivity contribution in [2.75, 3.05) is 13.7 Å². The number of carbonyl (C=O) groups excluding carboxylic acids is 4. The molecule has 0 radical (unpaired) electrons. The van der Waals surface area contributed by atoms with Gasteiger partial charge in [-0.15, -0.1) is 0 Å². The molecule has 2 aliphatic rings. The summed E-state index contributed by atoms with van der Waals surface area (Å²) in [7, 11) is 1.57. The van der Waals surface area contributed by atoms with Crippen LogP contribution in [-0.2, 0) is 55.7 Å². The Hall–Kier alpha value is -4.28. The molecule has 2 heterocycles. The molecule has 0 unspecified atom stereocenters. The van der Waals surface area contributed by atoms with E-state index in [-0.39, 0.29) is 16.8 Å². The van der Waals surface area contributed by atoms with Crippen LogP contribution in [0.25, 0.3) is 11.1 Å². The van der Waals surface area contributed by atoms with Crippen molar-refractivity contribution in [2.45, 2.75) is 84.0 Å². The van der Waals surface area contributed by atoms with E-state index < -0.39 is 54.5 Å². The van der Waals surface area contributed by atoms with Crippen molar-refractivity contribution in [1.82, 2.24) is 4.57 Å². The number of nitrogens with zero attached hydrogens (tertiary/aromatic N) is 2. The maximum Gasteiger partial charge on any atom is 0.303 e. The Bertz CT molecular complexity index is 1540. The van der Waals surface area contributed by atoms with E-state index >= 15 is 0 Å². The normalized spacial score (nSPS) is 22.5. The van der Waals surface area contributed by atoms with Crippen LogP contribution < -0.4 is 4.74 Å². The van der Waals surface area contributed by atoms with Gasteiger partial charge in [0.05, 0.1) is 12.7 Å². The van der Waals surface area contributed by atoms with Gasteiger partial charge in [0, 0.05) is 39.0 Å². The smallest absolute Gasteiger partial charge is 0.303 e. The number of carbonyl (C=O) groups is 4. The molecule has 1 aliphatic carbocycles. The fourth-order valence-corrected chi connectivity index (χ4v) is 6.15. The van der Waals surface area contributed by atoms with Crippen LogP contribution in [0.4, 0.5) is 0 Å². The summed E-state index contributed by atoms with van der Waals surface area (Å²) in [5, 5.41) is 10.4. The minimum absolute atomic E-state index is 0.111. The molecule has 1 saturated heterocycles. The van der Waals surface area contributed by atoms with Crippen molar-refractivity contribution in [3.8, 4) is 22.9 Å². The Kier molecular flexibility index (Phi) is 10.4. The van der Waals surface area contributed by atoms with Crippen LogP contribution in [0, 0.1) is 16.0 Å². The van der Waals surface area contributed by atoms with Crippen LogP contribution in [0.3, 0.4) is 0 Å². The molecule has 13 heteroatoms. The topological polar surface area (TPSA) is 152 Å². The van der Waals surface area contributed by atoms with Gasteiger partial charge in [0.15, 0.2) is 24.5 Å². The number of methoxy groups -OCH3 is 1. The Balaban J connectivity index is 1.98. The first-order chi connectivity index (χ1) is 21.0. The largest absolute Gasteiger partial charge is 0.497 e. The third-order valence-corrected chi connectivity index (χ3v) is 7.83. The molecule has 234 valence electrons. The predicted molar refractivity (Wildman–Crippen MR) is 156 cm³/mol. The second-order valence-electron chi connectivity index (χ2n) is 10.5. The quantitative estimate of drug-likeness (QED) is 0.237. The van der Waals surface area contributed by atoms with Gasteiger partial charge in [-0.2, -0.15) is 5.26 Å². The van der Waals surface area contributed by atoms with E-state index in [2.05, 4.69) is 6.07 Å². The summed E-state index contributed by atoms with van der Waals surface area (Å²) in [6.07, 6.45) is -3.58. The van der Waals surface area contributed by atoms with Crippen molar-refractivity contribution < 1.29 is 47.6 Å². The summed E-state index contributed by atoms with van der Waals surface area (Å²) in [4.78, 5) is 48.7. The molecule has 4 rings (SSSR count). The van der Waals surface area contributed by atoms with Gasteiger partial charge in [-0.1, -0.05) is 24.4 Å². The molecule has 5 atom stereocenters. The highest BCUT2D eigenvalue weighted by Gasteiger charge is 2.53. The molecule has 12 nitrogen and oxygen atoms in total. The summed E-state index contributed by atoms with van der Waals surface area (Å²) in [5.74, 6) is -2.16. The van der Waals surface area contributed by atoms with E-state index in [1.165, 1.54) is 13.8 Å². The van der Waals surface area contributed by atoms with Crippen LogP contribution >= 0.6 is 12.2 Å². The first kappa shape index (κ1) is 32.6. The maximum absolute atomic E-state index is 12.4. The summed E-state index contributed by atoms with van der Waals surface area (Å²) in [6, 6.07) is 9.58. The van der Waals surface area contributed by atoms with Crippen molar-refractivity contribution in [1.29, 1.82) is 5.26 Å². The van der Waals surface area contributed by atoms with Gasteiger partial charge >= 0.3 is 23.9 Å². The minimum Gasteiger partial charge on any atom is -0.497 e. The van der Waals surface area contributed by atoms with E-state index in [1.54, 1.807) is 23.8 Å². The monoisotopic (exact) mass is 626 g/mol. The van der Waals surface area contributed by atoms with E-state index in [0.717, 1.165) is 43.5 Å². The van der Waals surface area contributed by atoms with E-state index in [9.17, 15) is 24.4 Å². The Morgan fingerprint density at radius 3 is 2.07 bits per heavy atom. The number of pyridine rings is 1. The summed E-state index contributed by atoms with van der Waals surface area (Å²) >= 11 is 5.95. The number of hydrogen-bond donors (Lipinski definition) is 0. The highest BCUT2D eigenvalue weighted by atomic mass is 32.1. The fraction of sp³-hybridized carbons (Fsp3) is 0.484. The molecule has 0 saturated carbocycles. The van der Waals surface area contributed by atoms with Gasteiger partial charge in [-0.3, -0.25) is 19.2 Å². The summed E-state index contributed by atoms with van der Waals surface area (Å²) in [6.45, 7) is 4.32. The summed E-state index contributed by atoms with van der Waals surface area (Å²) in [5.41, 5.74) is 3.31. The molecule has 0 amide bonds. The zero-order chi connectivity index (χ0) is 32.1. The van der Waals surface area contributed by atoms with Crippen LogP contribution in [0.2, 0.25) is 0 Å². The molecule has 1 fully saturated rings. The molecule has 44 heavy (non-hydrogen) atoms. The molecule has 1 aromatic heterocycles. The number of aromatic nitrogens is 1. The standard InChI is InChI=1S/C31H34N2O10S/c1-16(34)39-15-25-27(40-17(2)35)28(41-18(3)36)29(42-19(4)37)30(43-25)33-24-9-7-6-8-22(24)26(23(14-32)31(33)44)20-10-12-21(38-5)13-11-20/h10-13,25,27-30H,6-9,15H2,1-5H3/t25-,27+,28-,29-,30+/m0/s1. The lowest BCUT2D eigenvalue weighted by atomic mass is 9.86. The molecule has 1 aromatic carbocycles. The predicted octanol–water partition coefficient (Wildman–Crippen LogP) is 3.90. The van der Waals surface area contributed by atoms with Gasteiger partial charge in [-0.25, -0.2) is 0 Å². The molecule has 0 N–H and O–H groups in total. The van der Waals surface area contributed by atoms with E-state index in [1.807, 2.05) is 12.1 Å². The number of ether oxygens (including phenoxy) is 6. The van der Waals surface area contributed by atoms with Crippen molar-refractivity contribution in [2.24, 2.45) is 0 Å². The lowest BCUT2D eigenvalue weighted by Gasteiger charge is -2.46. The zero-order valence-electron chi connectivity index (χ0n) is 25.1. The number of hydrogen-bond acceptors (Lipinski definition) is 12. The van der Waals surface area contributed by atoms with Gasteiger partial charge in [-0.05, 0) is 48.9 Å². The lowest BCUT2D eigenvalue weighted by molar-refractivity contribution is -0.269. The Morgan fingerprint density at radius 1 is 0.909 bits per heavy atom. The molecule has 0 spiro atoms. The first-order valence-electron chi connectivity index (χ1n) is 14.1. The number of nitriles is 1. The van der Waals surface area contributed by atoms with Gasteiger partial charge < -0.3 is 33.0 Å². The lowest BCUT2D eigenvalue weighted by Crippen LogP contribution is -2.61. The van der Waals surface area contributed by atoms with Crippen LogP contribution in [-0.4, -0.2) is 66.6 Å². The van der Waals surface area contributed by atoms with Crippen molar-refractivity contribution >= 4 is 36.1 Å². The number of esters is 4. The second-order valence-corrected chi connectivity index (χ2v) is 10.9. The van der Waals surface area contributed by atoms with Crippen LogP contribution in [0.5, 0.6) is 5.75 Å². The van der Waals surface area contributed by atoms with Crippen LogP contribution in [0.15, 0.2) is 24.3 Å². The van der Waals surface area contributed by atoms with Crippen molar-refractivity contribution in [3.63, 3.8) is 0 Å². The fourth-order valence-electron chi connectivity index (χ4n) is 5.79. The van der Waals surface area contributed by atoms with Gasteiger partial charge in [0.2, 0.25) is 0 Å². The average molecular weight is 627 g/mol. The Morgan fingerprint density at radius 2 is 1.50 bits per heavy atom. The van der Waals surface area contributed by atoms with Crippen LogP contribution in [0.1, 0.15) is 63.6 Å². The van der Waals surface area contributed by atoms with Gasteiger partial charge in [0.25, 0.3) is 0 Å². The van der Waals surface area contributed by atoms with E-state index in [4.69, 9.17) is 40.6 Å². The molecule has 1 aliphatic heterocycles. The van der Waals surface area contributed by atoms with Gasteiger partial charge in [0.1, 0.15) is 29.2 Å². The van der Waals surface area contributed by atoms with E-state index in [0.29, 0.717) is 24.2 Å². The third kappa shape index (κ3) is 6.92. The zero-order valence-corrected chi connectivity index (χ0v) is 25.9. The first-order valence-corrected chi connectivity index (χ1v) is 14.5. The highest BCUT2D eigenvalue weighted by molar-refractivity contribution is 7.71. The summed E-state index contributed by atoms with van der Waals surface area (Å²) < 4.78 is 35.6. The molecular formula is C31H34N2O10S. The molecule has 0 bridgehead atoms. The maximum atomic E-state index is 12.4. The number of fused-ring (bicyclic) bond motifs is 1.